The van der Waals surface area contributed by atoms with Crippen molar-refractivity contribution in [3.8, 4) is 0 Å². The molecule has 1 aromatic heterocycles. The molecule has 1 aromatic rings. The van der Waals surface area contributed by atoms with E-state index in [1.165, 1.54) is 6.42 Å². The zero-order valence-corrected chi connectivity index (χ0v) is 10.4. The number of hydrogen-bond acceptors (Lipinski definition) is 4. The second-order valence-corrected chi connectivity index (χ2v) is 5.58. The first-order valence-corrected chi connectivity index (χ1v) is 5.79. The topological polar surface area (TPSA) is 63.8 Å². The van der Waals surface area contributed by atoms with E-state index in [-0.39, 0.29) is 0 Å². The molecule has 4 nitrogen and oxygen atoms in total. The number of nitrogens with two attached hydrogens (primary N) is 1. The van der Waals surface area contributed by atoms with Crippen LogP contribution in [-0.4, -0.2) is 9.97 Å². The Bertz CT molecular complexity index is 398. The molecule has 88 valence electrons. The van der Waals surface area contributed by atoms with Crippen LogP contribution in [0.1, 0.15) is 57.5 Å². The molecule has 1 heterocycles. The zero-order chi connectivity index (χ0) is 11.9. The van der Waals surface area contributed by atoms with Crippen LogP contribution in [0.2, 0.25) is 0 Å². The largest absolute Gasteiger partial charge is 0.308 e. The Balaban J connectivity index is 2.35. The van der Waals surface area contributed by atoms with Crippen molar-refractivity contribution in [1.29, 1.82) is 0 Å². The van der Waals surface area contributed by atoms with Gasteiger partial charge in [-0.2, -0.15) is 0 Å². The molecule has 0 radical (unpaired) electrons. The predicted molar refractivity (Wildman–Crippen MR) is 65.1 cm³/mol. The summed E-state index contributed by atoms with van der Waals surface area (Å²) in [6.07, 6.45) is 1.17. The summed E-state index contributed by atoms with van der Waals surface area (Å²) in [5, 5.41) is 0. The first kappa shape index (κ1) is 11.3. The minimum atomic E-state index is 0.349. The lowest BCUT2D eigenvalue weighted by atomic mass is 10.1. The Hall–Kier alpha value is -1.16. The van der Waals surface area contributed by atoms with E-state index in [9.17, 15) is 0 Å². The van der Waals surface area contributed by atoms with Crippen LogP contribution >= 0.6 is 0 Å². The molecule has 0 aromatic carbocycles. The molecule has 1 fully saturated rings. The highest BCUT2D eigenvalue weighted by Crippen LogP contribution is 2.57. The van der Waals surface area contributed by atoms with Crippen LogP contribution in [0, 0.1) is 5.41 Å². The van der Waals surface area contributed by atoms with E-state index in [1.54, 1.807) is 0 Å². The van der Waals surface area contributed by atoms with Crippen molar-refractivity contribution in [3.05, 3.63) is 17.6 Å². The molecule has 0 spiro atoms. The normalized spacial score (nSPS) is 22.2. The van der Waals surface area contributed by atoms with E-state index < -0.39 is 0 Å². The summed E-state index contributed by atoms with van der Waals surface area (Å²) >= 11 is 0. The third-order valence-electron chi connectivity index (χ3n) is 3.33. The molecule has 1 aliphatic carbocycles. The van der Waals surface area contributed by atoms with Gasteiger partial charge in [-0.15, -0.1) is 0 Å². The molecule has 0 amide bonds. The summed E-state index contributed by atoms with van der Waals surface area (Å²) in [6.45, 7) is 8.76. The smallest absolute Gasteiger partial charge is 0.143 e. The third kappa shape index (κ3) is 2.02. The summed E-state index contributed by atoms with van der Waals surface area (Å²) in [5.74, 6) is 7.97. The van der Waals surface area contributed by atoms with Crippen molar-refractivity contribution >= 4 is 5.82 Å². The lowest BCUT2D eigenvalue weighted by molar-refractivity contribution is 0.605. The first-order valence-electron chi connectivity index (χ1n) is 5.79. The molecule has 3 N–H and O–H groups in total. The van der Waals surface area contributed by atoms with Crippen molar-refractivity contribution in [3.63, 3.8) is 0 Å². The highest BCUT2D eigenvalue weighted by Gasteiger charge is 2.48. The van der Waals surface area contributed by atoms with Crippen LogP contribution in [0.15, 0.2) is 6.07 Å². The predicted octanol–water partition coefficient (Wildman–Crippen LogP) is 2.40. The molecule has 2 rings (SSSR count). The van der Waals surface area contributed by atoms with Gasteiger partial charge in [-0.05, 0) is 17.8 Å². The average Bonchev–Trinajstić information content (AvgIpc) is 2.87. The van der Waals surface area contributed by atoms with Crippen molar-refractivity contribution < 1.29 is 0 Å². The van der Waals surface area contributed by atoms with E-state index in [1.807, 2.05) is 6.07 Å². The number of aromatic nitrogens is 2. The maximum absolute atomic E-state index is 5.44. The maximum Gasteiger partial charge on any atom is 0.143 e. The fourth-order valence-corrected chi connectivity index (χ4v) is 1.92. The van der Waals surface area contributed by atoms with Gasteiger partial charge in [-0.3, -0.25) is 0 Å². The third-order valence-corrected chi connectivity index (χ3v) is 3.33. The average molecular weight is 220 g/mol. The summed E-state index contributed by atoms with van der Waals surface area (Å²) in [6, 6.07) is 1.92. The minimum absolute atomic E-state index is 0.349. The van der Waals surface area contributed by atoms with Crippen LogP contribution in [0.4, 0.5) is 5.82 Å². The summed E-state index contributed by atoms with van der Waals surface area (Å²) in [7, 11) is 0. The van der Waals surface area contributed by atoms with Crippen molar-refractivity contribution in [2.75, 3.05) is 5.43 Å². The molecule has 16 heavy (non-hydrogen) atoms. The molecule has 1 aliphatic rings. The second kappa shape index (κ2) is 3.70. The van der Waals surface area contributed by atoms with Gasteiger partial charge < -0.3 is 5.43 Å². The Morgan fingerprint density at radius 3 is 2.50 bits per heavy atom. The van der Waals surface area contributed by atoms with E-state index in [0.29, 0.717) is 17.3 Å². The number of nitrogens with one attached hydrogen (secondary N) is 1. The van der Waals surface area contributed by atoms with Crippen molar-refractivity contribution in [2.45, 2.75) is 46.0 Å². The van der Waals surface area contributed by atoms with Gasteiger partial charge in [0.2, 0.25) is 0 Å². The quantitative estimate of drug-likeness (QED) is 0.606. The number of nitrogens with zero attached hydrogens (tertiary/aromatic N) is 2. The molecule has 0 aliphatic heterocycles. The van der Waals surface area contributed by atoms with Gasteiger partial charge in [0.15, 0.2) is 0 Å². The lowest BCUT2D eigenvalue weighted by Gasteiger charge is -2.10. The fourth-order valence-electron chi connectivity index (χ4n) is 1.92. The van der Waals surface area contributed by atoms with Gasteiger partial charge in [0.25, 0.3) is 0 Å². The van der Waals surface area contributed by atoms with Gasteiger partial charge in [0.1, 0.15) is 11.6 Å². The Morgan fingerprint density at radius 2 is 2.06 bits per heavy atom. The Labute approximate surface area is 96.6 Å². The molecule has 0 bridgehead atoms. The molecule has 0 saturated heterocycles. The van der Waals surface area contributed by atoms with Gasteiger partial charge in [-0.25, -0.2) is 15.8 Å². The second-order valence-electron chi connectivity index (χ2n) is 5.58. The zero-order valence-electron chi connectivity index (χ0n) is 10.4. The number of rotatable bonds is 3. The number of hydrazine groups is 1. The van der Waals surface area contributed by atoms with Crippen LogP contribution in [0.3, 0.4) is 0 Å². The van der Waals surface area contributed by atoms with E-state index in [2.05, 4.69) is 43.1 Å². The van der Waals surface area contributed by atoms with Crippen molar-refractivity contribution in [1.82, 2.24) is 9.97 Å². The maximum atomic E-state index is 5.44. The van der Waals surface area contributed by atoms with Gasteiger partial charge in [0, 0.05) is 17.7 Å². The SMILES string of the molecule is CC(C)c1cc(NN)nc(C2CC2(C)C)n1. The number of anilines is 1. The van der Waals surface area contributed by atoms with Crippen LogP contribution in [-0.2, 0) is 0 Å². The highest BCUT2D eigenvalue weighted by molar-refractivity contribution is 5.37. The molecule has 1 unspecified atom stereocenters. The molecule has 1 saturated carbocycles. The fraction of sp³-hybridized carbons (Fsp3) is 0.667. The molecular formula is C12H20N4. The van der Waals surface area contributed by atoms with E-state index in [4.69, 9.17) is 5.84 Å². The standard InChI is InChI=1S/C12H20N4/c1-7(2)9-5-10(16-13)15-11(14-9)8-6-12(8,3)4/h5,7-8H,6,13H2,1-4H3,(H,14,15,16). The van der Waals surface area contributed by atoms with Gasteiger partial charge in [0.05, 0.1) is 0 Å². The van der Waals surface area contributed by atoms with Crippen molar-refractivity contribution in [2.24, 2.45) is 11.3 Å². The number of hydrogen-bond donors (Lipinski definition) is 2. The van der Waals surface area contributed by atoms with E-state index in [0.717, 1.165) is 17.3 Å². The summed E-state index contributed by atoms with van der Waals surface area (Å²) in [4.78, 5) is 9.08. The van der Waals surface area contributed by atoms with Crippen LogP contribution in [0.5, 0.6) is 0 Å². The monoisotopic (exact) mass is 220 g/mol. The summed E-state index contributed by atoms with van der Waals surface area (Å²) in [5.41, 5.74) is 4.03. The molecule has 4 heteroatoms. The van der Waals surface area contributed by atoms with Gasteiger partial charge >= 0.3 is 0 Å². The highest BCUT2D eigenvalue weighted by atomic mass is 15.3. The first-order chi connectivity index (χ1) is 7.44. The van der Waals surface area contributed by atoms with Crippen LogP contribution < -0.4 is 11.3 Å². The van der Waals surface area contributed by atoms with E-state index >= 15 is 0 Å². The lowest BCUT2D eigenvalue weighted by Crippen LogP contribution is -2.12. The van der Waals surface area contributed by atoms with Gasteiger partial charge in [-0.1, -0.05) is 27.7 Å². The molecule has 1 atom stereocenters. The Kier molecular flexibility index (Phi) is 2.62. The summed E-state index contributed by atoms with van der Waals surface area (Å²) < 4.78 is 0. The minimum Gasteiger partial charge on any atom is -0.308 e. The Morgan fingerprint density at radius 1 is 1.44 bits per heavy atom. The molecular weight excluding hydrogens is 200 g/mol. The number of nitrogen functional groups attached to an aromatic ring is 1. The van der Waals surface area contributed by atoms with Crippen LogP contribution in [0.25, 0.3) is 0 Å².